The average molecular weight is 248 g/mol. The topological polar surface area (TPSA) is 31.4 Å². The Morgan fingerprint density at radius 1 is 1.22 bits per heavy atom. The lowest BCUT2D eigenvalue weighted by atomic mass is 10.1. The minimum atomic E-state index is 0.403. The summed E-state index contributed by atoms with van der Waals surface area (Å²) in [6, 6.07) is 4.56. The van der Waals surface area contributed by atoms with E-state index in [2.05, 4.69) is 46.2 Å². The molecule has 0 spiro atoms. The first-order valence-electron chi connectivity index (χ1n) is 6.80. The van der Waals surface area contributed by atoms with Gasteiger partial charge in [-0.1, -0.05) is 0 Å². The molecule has 1 N–H and O–H groups in total. The highest BCUT2D eigenvalue weighted by Crippen LogP contribution is 2.09. The van der Waals surface area contributed by atoms with E-state index in [0.717, 1.165) is 13.1 Å². The number of hydrogen-bond acceptors (Lipinski definition) is 4. The van der Waals surface area contributed by atoms with Crippen molar-refractivity contribution in [2.45, 2.75) is 13.0 Å². The number of nitrogens with zero attached hydrogens (tertiary/aromatic N) is 3. The molecular formula is C14H24N4. The van der Waals surface area contributed by atoms with Crippen LogP contribution in [0, 0.1) is 0 Å². The molecular weight excluding hydrogens is 224 g/mol. The predicted octanol–water partition coefficient (Wildman–Crippen LogP) is 0.980. The first kappa shape index (κ1) is 13.5. The van der Waals surface area contributed by atoms with Crippen molar-refractivity contribution in [3.63, 3.8) is 0 Å². The van der Waals surface area contributed by atoms with Crippen LogP contribution < -0.4 is 5.32 Å². The summed E-state index contributed by atoms with van der Waals surface area (Å²) in [5, 5.41) is 3.57. The van der Waals surface area contributed by atoms with Gasteiger partial charge in [0.25, 0.3) is 0 Å². The molecule has 0 aromatic carbocycles. The molecule has 1 aliphatic rings. The highest BCUT2D eigenvalue weighted by Gasteiger charge is 2.13. The lowest BCUT2D eigenvalue weighted by Gasteiger charge is -2.32. The van der Waals surface area contributed by atoms with Gasteiger partial charge in [-0.25, -0.2) is 0 Å². The molecule has 0 aliphatic carbocycles. The van der Waals surface area contributed by atoms with Gasteiger partial charge in [-0.2, -0.15) is 0 Å². The van der Waals surface area contributed by atoms with Gasteiger partial charge in [-0.15, -0.1) is 0 Å². The molecule has 2 heterocycles. The third kappa shape index (κ3) is 4.05. The Morgan fingerprint density at radius 3 is 2.56 bits per heavy atom. The van der Waals surface area contributed by atoms with Crippen LogP contribution in [0.15, 0.2) is 24.5 Å². The molecule has 1 aliphatic heterocycles. The molecule has 0 saturated carbocycles. The van der Waals surface area contributed by atoms with Crippen LogP contribution in [0.25, 0.3) is 0 Å². The van der Waals surface area contributed by atoms with Crippen LogP contribution in [-0.4, -0.2) is 61.1 Å². The first-order valence-corrected chi connectivity index (χ1v) is 6.80. The van der Waals surface area contributed by atoms with Gasteiger partial charge in [0.2, 0.25) is 0 Å². The Morgan fingerprint density at radius 2 is 1.89 bits per heavy atom. The van der Waals surface area contributed by atoms with Gasteiger partial charge < -0.3 is 10.2 Å². The van der Waals surface area contributed by atoms with Crippen molar-refractivity contribution in [3.05, 3.63) is 30.1 Å². The smallest absolute Gasteiger partial charge is 0.0293 e. The Hall–Kier alpha value is -0.970. The van der Waals surface area contributed by atoms with Crippen LogP contribution in [0.1, 0.15) is 18.5 Å². The fourth-order valence-corrected chi connectivity index (χ4v) is 2.28. The van der Waals surface area contributed by atoms with Crippen molar-refractivity contribution in [2.75, 3.05) is 46.3 Å². The van der Waals surface area contributed by atoms with E-state index in [9.17, 15) is 0 Å². The van der Waals surface area contributed by atoms with Gasteiger partial charge in [-0.05, 0) is 31.7 Å². The van der Waals surface area contributed by atoms with E-state index in [-0.39, 0.29) is 0 Å². The van der Waals surface area contributed by atoms with Crippen molar-refractivity contribution in [3.8, 4) is 0 Å². The quantitative estimate of drug-likeness (QED) is 0.842. The van der Waals surface area contributed by atoms with Gasteiger partial charge in [0.15, 0.2) is 0 Å². The molecule has 4 nitrogen and oxygen atoms in total. The molecule has 0 bridgehead atoms. The molecule has 1 aromatic rings. The van der Waals surface area contributed by atoms with Crippen molar-refractivity contribution < 1.29 is 0 Å². The summed E-state index contributed by atoms with van der Waals surface area (Å²) in [7, 11) is 2.20. The van der Waals surface area contributed by atoms with E-state index in [4.69, 9.17) is 0 Å². The van der Waals surface area contributed by atoms with Crippen molar-refractivity contribution in [1.82, 2.24) is 20.1 Å². The highest BCUT2D eigenvalue weighted by atomic mass is 15.2. The van der Waals surface area contributed by atoms with E-state index in [1.165, 1.54) is 31.7 Å². The number of piperazine rings is 1. The number of hydrogen-bond donors (Lipinski definition) is 1. The fraction of sp³-hybridized carbons (Fsp3) is 0.643. The molecule has 1 aromatic heterocycles. The van der Waals surface area contributed by atoms with Crippen LogP contribution in [0.5, 0.6) is 0 Å². The highest BCUT2D eigenvalue weighted by molar-refractivity contribution is 5.13. The zero-order valence-corrected chi connectivity index (χ0v) is 11.5. The second-order valence-corrected chi connectivity index (χ2v) is 5.10. The predicted molar refractivity (Wildman–Crippen MR) is 74.6 cm³/mol. The largest absolute Gasteiger partial charge is 0.309 e. The zero-order chi connectivity index (χ0) is 12.8. The van der Waals surface area contributed by atoms with Crippen LogP contribution in [-0.2, 0) is 0 Å². The maximum Gasteiger partial charge on any atom is 0.0293 e. The maximum absolute atomic E-state index is 4.05. The number of rotatable bonds is 5. The van der Waals surface area contributed by atoms with Crippen LogP contribution in [0.3, 0.4) is 0 Å². The van der Waals surface area contributed by atoms with Gasteiger partial charge in [0.05, 0.1) is 0 Å². The van der Waals surface area contributed by atoms with E-state index < -0.39 is 0 Å². The maximum atomic E-state index is 4.05. The lowest BCUT2D eigenvalue weighted by molar-refractivity contribution is 0.154. The standard InChI is InChI=1S/C14H24N4/c1-13(14-3-5-15-6-4-14)16-7-8-18-11-9-17(2)10-12-18/h3-6,13,16H,7-12H2,1-2H3/t13-/m1/s1. The van der Waals surface area contributed by atoms with E-state index >= 15 is 0 Å². The normalized spacial score (nSPS) is 19.9. The fourth-order valence-electron chi connectivity index (χ4n) is 2.28. The van der Waals surface area contributed by atoms with Crippen molar-refractivity contribution in [1.29, 1.82) is 0 Å². The minimum absolute atomic E-state index is 0.403. The summed E-state index contributed by atoms with van der Waals surface area (Å²) in [6.45, 7) is 9.18. The van der Waals surface area contributed by atoms with E-state index in [0.29, 0.717) is 6.04 Å². The van der Waals surface area contributed by atoms with Crippen molar-refractivity contribution >= 4 is 0 Å². The summed E-state index contributed by atoms with van der Waals surface area (Å²) in [5.74, 6) is 0. The van der Waals surface area contributed by atoms with Crippen LogP contribution >= 0.6 is 0 Å². The molecule has 0 radical (unpaired) electrons. The van der Waals surface area contributed by atoms with Gasteiger partial charge >= 0.3 is 0 Å². The summed E-state index contributed by atoms with van der Waals surface area (Å²) in [6.07, 6.45) is 3.71. The SMILES string of the molecule is C[C@@H](NCCN1CCN(C)CC1)c1ccncc1. The molecule has 0 unspecified atom stereocenters. The molecule has 4 heteroatoms. The summed E-state index contributed by atoms with van der Waals surface area (Å²) >= 11 is 0. The molecule has 100 valence electrons. The average Bonchev–Trinajstić information content (AvgIpc) is 2.42. The van der Waals surface area contributed by atoms with Crippen LogP contribution in [0.2, 0.25) is 0 Å². The second kappa shape index (κ2) is 6.83. The van der Waals surface area contributed by atoms with E-state index in [1.54, 1.807) is 0 Å². The number of aromatic nitrogens is 1. The molecule has 1 atom stereocenters. The molecule has 1 saturated heterocycles. The van der Waals surface area contributed by atoms with Gasteiger partial charge in [-0.3, -0.25) is 9.88 Å². The summed E-state index contributed by atoms with van der Waals surface area (Å²) < 4.78 is 0. The lowest BCUT2D eigenvalue weighted by Crippen LogP contribution is -2.46. The number of pyridine rings is 1. The molecule has 1 fully saturated rings. The summed E-state index contributed by atoms with van der Waals surface area (Å²) in [5.41, 5.74) is 1.31. The Balaban J connectivity index is 1.66. The molecule has 2 rings (SSSR count). The third-order valence-electron chi connectivity index (χ3n) is 3.68. The first-order chi connectivity index (χ1) is 8.75. The number of nitrogens with one attached hydrogen (secondary N) is 1. The van der Waals surface area contributed by atoms with Gasteiger partial charge in [0, 0.05) is 57.7 Å². The summed E-state index contributed by atoms with van der Waals surface area (Å²) in [4.78, 5) is 8.97. The Kier molecular flexibility index (Phi) is 5.11. The minimum Gasteiger partial charge on any atom is -0.309 e. The van der Waals surface area contributed by atoms with Gasteiger partial charge in [0.1, 0.15) is 0 Å². The Labute approximate surface area is 110 Å². The van der Waals surface area contributed by atoms with E-state index in [1.807, 2.05) is 12.4 Å². The molecule has 18 heavy (non-hydrogen) atoms. The Bertz CT molecular complexity index is 333. The second-order valence-electron chi connectivity index (χ2n) is 5.10. The molecule has 0 amide bonds. The van der Waals surface area contributed by atoms with Crippen LogP contribution in [0.4, 0.5) is 0 Å². The van der Waals surface area contributed by atoms with Crippen molar-refractivity contribution in [2.24, 2.45) is 0 Å². The number of likely N-dealkylation sites (N-methyl/N-ethyl adjacent to an activating group) is 1. The monoisotopic (exact) mass is 248 g/mol. The zero-order valence-electron chi connectivity index (χ0n) is 11.5. The third-order valence-corrected chi connectivity index (χ3v) is 3.68.